The summed E-state index contributed by atoms with van der Waals surface area (Å²) in [5.41, 5.74) is 0.553. The van der Waals surface area contributed by atoms with Crippen molar-refractivity contribution in [3.8, 4) is 0 Å². The van der Waals surface area contributed by atoms with E-state index < -0.39 is 11.5 Å². The number of benzene rings is 1. The number of hydrogen-bond acceptors (Lipinski definition) is 4. The zero-order chi connectivity index (χ0) is 17.6. The molecule has 1 aromatic carbocycles. The van der Waals surface area contributed by atoms with Gasteiger partial charge < -0.3 is 15.0 Å². The lowest BCUT2D eigenvalue weighted by atomic mass is 10.0. The maximum absolute atomic E-state index is 13.2. The van der Waals surface area contributed by atoms with E-state index in [2.05, 4.69) is 15.2 Å². The molecule has 7 heteroatoms. The number of pyridine rings is 1. The van der Waals surface area contributed by atoms with Crippen LogP contribution >= 0.6 is 0 Å². The average Bonchev–Trinajstić information content (AvgIpc) is 2.64. The minimum atomic E-state index is -0.428. The van der Waals surface area contributed by atoms with Crippen LogP contribution in [0.3, 0.4) is 0 Å². The van der Waals surface area contributed by atoms with Gasteiger partial charge in [-0.2, -0.15) is 0 Å². The first-order chi connectivity index (χ1) is 12.1. The van der Waals surface area contributed by atoms with Crippen LogP contribution in [0.5, 0.6) is 0 Å². The molecule has 0 saturated carbocycles. The van der Waals surface area contributed by atoms with Crippen LogP contribution < -0.4 is 10.9 Å². The Morgan fingerprint density at radius 2 is 1.96 bits per heavy atom. The smallest absolute Gasteiger partial charge is 0.260 e. The van der Waals surface area contributed by atoms with Crippen LogP contribution in [-0.2, 0) is 4.74 Å². The highest BCUT2D eigenvalue weighted by Gasteiger charge is 2.23. The Hall–Kier alpha value is -2.51. The summed E-state index contributed by atoms with van der Waals surface area (Å²) in [5.74, 6) is -0.730. The van der Waals surface area contributed by atoms with Crippen LogP contribution in [0.1, 0.15) is 22.0 Å². The number of halogens is 1. The van der Waals surface area contributed by atoms with Crippen molar-refractivity contribution in [1.29, 1.82) is 0 Å². The van der Waals surface area contributed by atoms with Gasteiger partial charge >= 0.3 is 0 Å². The molecule has 1 amide bonds. The summed E-state index contributed by atoms with van der Waals surface area (Å²) in [7, 11) is 0. The summed E-state index contributed by atoms with van der Waals surface area (Å²) in [6.07, 6.45) is 1.48. The normalized spacial score (nSPS) is 16.4. The Labute approximate surface area is 144 Å². The van der Waals surface area contributed by atoms with Crippen molar-refractivity contribution < 1.29 is 13.9 Å². The van der Waals surface area contributed by atoms with Crippen molar-refractivity contribution in [3.63, 3.8) is 0 Å². The number of aromatic amines is 1. The highest BCUT2D eigenvalue weighted by atomic mass is 19.1. The highest BCUT2D eigenvalue weighted by Crippen LogP contribution is 2.21. The Balaban J connectivity index is 1.75. The highest BCUT2D eigenvalue weighted by molar-refractivity contribution is 5.93. The fraction of sp³-hybridized carbons (Fsp3) is 0.333. The third-order valence-corrected chi connectivity index (χ3v) is 4.26. The van der Waals surface area contributed by atoms with Gasteiger partial charge in [0.05, 0.1) is 19.3 Å². The maximum atomic E-state index is 13.2. The molecular formula is C18H20FN3O3. The number of rotatable bonds is 5. The van der Waals surface area contributed by atoms with E-state index in [9.17, 15) is 14.0 Å². The number of amides is 1. The summed E-state index contributed by atoms with van der Waals surface area (Å²) in [5, 5.41) is 2.82. The minimum absolute atomic E-state index is 0.0716. The number of nitrogens with zero attached hydrogens (tertiary/aromatic N) is 1. The second kappa shape index (κ2) is 8.04. The second-order valence-electron chi connectivity index (χ2n) is 5.84. The van der Waals surface area contributed by atoms with Crippen LogP contribution in [0.4, 0.5) is 4.39 Å². The monoisotopic (exact) mass is 345 g/mol. The average molecular weight is 345 g/mol. The number of H-pyrrole nitrogens is 1. The predicted molar refractivity (Wildman–Crippen MR) is 90.9 cm³/mol. The topological polar surface area (TPSA) is 74.4 Å². The van der Waals surface area contributed by atoms with E-state index in [1.54, 1.807) is 18.2 Å². The van der Waals surface area contributed by atoms with E-state index in [4.69, 9.17) is 4.74 Å². The number of nitrogens with one attached hydrogen (secondary N) is 2. The molecule has 0 bridgehead atoms. The molecule has 2 aromatic rings. The zero-order valence-corrected chi connectivity index (χ0v) is 13.7. The molecule has 0 aliphatic carbocycles. The van der Waals surface area contributed by atoms with Gasteiger partial charge in [0.1, 0.15) is 11.4 Å². The van der Waals surface area contributed by atoms with Crippen molar-refractivity contribution in [2.45, 2.75) is 6.04 Å². The third-order valence-electron chi connectivity index (χ3n) is 4.26. The van der Waals surface area contributed by atoms with Crippen LogP contribution in [0.2, 0.25) is 0 Å². The Morgan fingerprint density at radius 3 is 2.64 bits per heavy atom. The van der Waals surface area contributed by atoms with Gasteiger partial charge in [-0.3, -0.25) is 14.5 Å². The summed E-state index contributed by atoms with van der Waals surface area (Å²) >= 11 is 0. The Morgan fingerprint density at radius 1 is 1.24 bits per heavy atom. The second-order valence-corrected chi connectivity index (χ2v) is 5.84. The molecule has 1 aromatic heterocycles. The Kier molecular flexibility index (Phi) is 5.57. The lowest BCUT2D eigenvalue weighted by Crippen LogP contribution is -2.44. The SMILES string of the molecule is O=C(NC[C@@H](c1ccc(F)cc1)N1CCOCC1)c1ccc[nH]c1=O. The molecule has 1 atom stereocenters. The number of hydrogen-bond donors (Lipinski definition) is 2. The van der Waals surface area contributed by atoms with Gasteiger partial charge in [-0.05, 0) is 29.8 Å². The summed E-state index contributed by atoms with van der Waals surface area (Å²) in [6.45, 7) is 3.00. The summed E-state index contributed by atoms with van der Waals surface area (Å²) in [4.78, 5) is 28.7. The molecule has 25 heavy (non-hydrogen) atoms. The molecule has 1 saturated heterocycles. The standard InChI is InChI=1S/C18H20FN3O3/c19-14-5-3-13(4-6-14)16(22-8-10-25-11-9-22)12-21-18(24)15-2-1-7-20-17(15)23/h1-7,16H,8-12H2,(H,20,23)(H,21,24)/t16-/m0/s1. The van der Waals surface area contributed by atoms with E-state index >= 15 is 0 Å². The van der Waals surface area contributed by atoms with E-state index in [0.717, 1.165) is 18.7 Å². The number of ether oxygens (including phenoxy) is 1. The van der Waals surface area contributed by atoms with Crippen molar-refractivity contribution in [1.82, 2.24) is 15.2 Å². The first-order valence-corrected chi connectivity index (χ1v) is 8.18. The van der Waals surface area contributed by atoms with Crippen LogP contribution in [0.15, 0.2) is 47.4 Å². The maximum Gasteiger partial charge on any atom is 0.260 e. The molecule has 2 heterocycles. The quantitative estimate of drug-likeness (QED) is 0.857. The first-order valence-electron chi connectivity index (χ1n) is 8.18. The van der Waals surface area contributed by atoms with Gasteiger partial charge in [-0.15, -0.1) is 0 Å². The first kappa shape index (κ1) is 17.3. The fourth-order valence-corrected chi connectivity index (χ4v) is 2.92. The molecule has 0 radical (unpaired) electrons. The number of carbonyl (C=O) groups is 1. The van der Waals surface area contributed by atoms with Gasteiger partial charge in [0, 0.05) is 25.8 Å². The van der Waals surface area contributed by atoms with E-state index in [1.165, 1.54) is 24.4 Å². The van der Waals surface area contributed by atoms with Crippen LogP contribution in [0.25, 0.3) is 0 Å². The van der Waals surface area contributed by atoms with Gasteiger partial charge in [0.15, 0.2) is 0 Å². The molecule has 132 valence electrons. The van der Waals surface area contributed by atoms with Gasteiger partial charge in [0.25, 0.3) is 11.5 Å². The van der Waals surface area contributed by atoms with Crippen molar-refractivity contribution in [2.75, 3.05) is 32.8 Å². The molecule has 0 spiro atoms. The molecular weight excluding hydrogens is 325 g/mol. The Bertz CT molecular complexity index is 770. The lowest BCUT2D eigenvalue weighted by molar-refractivity contribution is 0.0162. The van der Waals surface area contributed by atoms with Gasteiger partial charge in [-0.1, -0.05) is 12.1 Å². The molecule has 1 fully saturated rings. The van der Waals surface area contributed by atoms with E-state index in [-0.39, 0.29) is 17.4 Å². The van der Waals surface area contributed by atoms with Gasteiger partial charge in [-0.25, -0.2) is 4.39 Å². The molecule has 1 aliphatic heterocycles. The van der Waals surface area contributed by atoms with Gasteiger partial charge in [0.2, 0.25) is 0 Å². The largest absolute Gasteiger partial charge is 0.379 e. The van der Waals surface area contributed by atoms with E-state index in [0.29, 0.717) is 19.8 Å². The number of morpholine rings is 1. The van der Waals surface area contributed by atoms with E-state index in [1.807, 2.05) is 0 Å². The molecule has 1 aliphatic rings. The van der Waals surface area contributed by atoms with Crippen LogP contribution in [0, 0.1) is 5.82 Å². The molecule has 2 N–H and O–H groups in total. The molecule has 0 unspecified atom stereocenters. The zero-order valence-electron chi connectivity index (χ0n) is 13.7. The summed E-state index contributed by atoms with van der Waals surface area (Å²) < 4.78 is 18.6. The predicted octanol–water partition coefficient (Wildman–Crippen LogP) is 1.32. The van der Waals surface area contributed by atoms with Crippen LogP contribution in [-0.4, -0.2) is 48.6 Å². The lowest BCUT2D eigenvalue weighted by Gasteiger charge is -2.34. The fourth-order valence-electron chi connectivity index (χ4n) is 2.92. The number of aromatic nitrogens is 1. The van der Waals surface area contributed by atoms with Crippen molar-refractivity contribution in [3.05, 3.63) is 69.9 Å². The van der Waals surface area contributed by atoms with Crippen molar-refractivity contribution in [2.24, 2.45) is 0 Å². The van der Waals surface area contributed by atoms with Crippen molar-refractivity contribution >= 4 is 5.91 Å². The molecule has 6 nitrogen and oxygen atoms in total. The number of carbonyl (C=O) groups excluding carboxylic acids is 1. The minimum Gasteiger partial charge on any atom is -0.379 e. The summed E-state index contributed by atoms with van der Waals surface area (Å²) in [6, 6.07) is 9.23. The molecule has 3 rings (SSSR count). The third kappa shape index (κ3) is 4.32.